The molecule has 3 heterocycles. The second kappa shape index (κ2) is 7.45. The predicted octanol–water partition coefficient (Wildman–Crippen LogP) is 4.42. The summed E-state index contributed by atoms with van der Waals surface area (Å²) in [5, 5.41) is 11.9. The first-order valence-corrected chi connectivity index (χ1v) is 10.7. The van der Waals surface area contributed by atoms with Gasteiger partial charge in [-0.2, -0.15) is 0 Å². The molecule has 1 amide bonds. The fourth-order valence-electron chi connectivity index (χ4n) is 4.05. The van der Waals surface area contributed by atoms with Crippen molar-refractivity contribution in [2.75, 3.05) is 4.90 Å². The Bertz CT molecular complexity index is 1550. The number of nitrogens with zero attached hydrogens (tertiary/aromatic N) is 3. The van der Waals surface area contributed by atoms with E-state index in [1.54, 1.807) is 37.3 Å². The normalized spacial score (nSPS) is 15.2. The Morgan fingerprint density at radius 1 is 1.18 bits per heavy atom. The number of ketones is 1. The molecule has 10 heteroatoms. The van der Waals surface area contributed by atoms with Crippen LogP contribution in [0.4, 0.5) is 10.8 Å². The molecule has 2 aromatic heterocycles. The lowest BCUT2D eigenvalue weighted by Crippen LogP contribution is -2.29. The molecule has 0 saturated carbocycles. The third kappa shape index (κ3) is 3.14. The van der Waals surface area contributed by atoms with Gasteiger partial charge in [-0.1, -0.05) is 35.6 Å². The third-order valence-corrected chi connectivity index (χ3v) is 6.74. The van der Waals surface area contributed by atoms with Gasteiger partial charge in [-0.3, -0.25) is 29.4 Å². The Morgan fingerprint density at radius 2 is 1.94 bits per heavy atom. The minimum atomic E-state index is -1.00. The smallest absolute Gasteiger partial charge is 0.297 e. The van der Waals surface area contributed by atoms with Crippen LogP contribution in [-0.4, -0.2) is 21.6 Å². The molecule has 0 N–H and O–H groups in total. The number of amides is 1. The van der Waals surface area contributed by atoms with E-state index in [2.05, 4.69) is 4.98 Å². The number of thiazole rings is 1. The molecule has 0 aliphatic carbocycles. The topological polar surface area (TPSA) is 124 Å². The number of hydrogen-bond donors (Lipinski definition) is 0. The molecule has 1 atom stereocenters. The molecule has 1 aliphatic heterocycles. The molecule has 9 nitrogen and oxygen atoms in total. The van der Waals surface area contributed by atoms with E-state index in [0.717, 1.165) is 11.3 Å². The molecule has 0 saturated heterocycles. The quantitative estimate of drug-likeness (QED) is 0.250. The lowest BCUT2D eigenvalue weighted by molar-refractivity contribution is -0.384. The molecule has 33 heavy (non-hydrogen) atoms. The van der Waals surface area contributed by atoms with Crippen molar-refractivity contribution in [3.63, 3.8) is 0 Å². The summed E-state index contributed by atoms with van der Waals surface area (Å²) in [4.78, 5) is 55.9. The highest BCUT2D eigenvalue weighted by molar-refractivity contribution is 7.17. The van der Waals surface area contributed by atoms with Gasteiger partial charge >= 0.3 is 0 Å². The largest absolute Gasteiger partial charge is 0.450 e. The summed E-state index contributed by atoms with van der Waals surface area (Å²) in [5.74, 6) is -0.951. The van der Waals surface area contributed by atoms with Gasteiger partial charge in [0.2, 0.25) is 5.76 Å². The summed E-state index contributed by atoms with van der Waals surface area (Å²) in [6.07, 6.45) is 0. The van der Waals surface area contributed by atoms with Crippen molar-refractivity contribution < 1.29 is 18.9 Å². The van der Waals surface area contributed by atoms with Crippen molar-refractivity contribution in [1.29, 1.82) is 0 Å². The molecule has 0 unspecified atom stereocenters. The zero-order valence-electron chi connectivity index (χ0n) is 17.4. The Kier molecular flexibility index (Phi) is 4.68. The van der Waals surface area contributed by atoms with Crippen molar-refractivity contribution in [1.82, 2.24) is 4.98 Å². The second-order valence-corrected chi connectivity index (χ2v) is 8.54. The average molecular weight is 461 g/mol. The number of non-ortho nitro benzene ring substituents is 1. The van der Waals surface area contributed by atoms with E-state index < -0.39 is 22.3 Å². The van der Waals surface area contributed by atoms with Gasteiger partial charge < -0.3 is 4.42 Å². The van der Waals surface area contributed by atoms with E-state index in [4.69, 9.17) is 4.42 Å². The first-order chi connectivity index (χ1) is 15.8. The van der Waals surface area contributed by atoms with Crippen molar-refractivity contribution in [2.24, 2.45) is 0 Å². The van der Waals surface area contributed by atoms with E-state index in [9.17, 15) is 24.5 Å². The lowest BCUT2D eigenvalue weighted by atomic mass is 9.98. The number of aromatic nitrogens is 1. The average Bonchev–Trinajstić information content (AvgIpc) is 3.32. The molecule has 0 fully saturated rings. The number of hydrogen-bond acceptors (Lipinski definition) is 8. The van der Waals surface area contributed by atoms with E-state index in [1.807, 2.05) is 0 Å². The standard InChI is InChI=1S/C23H15N3O6S/c1-11-21(12(2)27)33-23(24-11)25-18(13-6-5-7-14(10-13)26(30)31)17-19(28)15-8-3-4-9-16(15)32-20(17)22(25)29/h3-10,18H,1-2H3/t18-/m1/s1. The number of aryl methyl sites for hydroxylation is 1. The summed E-state index contributed by atoms with van der Waals surface area (Å²) >= 11 is 1.03. The van der Waals surface area contributed by atoms with E-state index in [1.165, 1.54) is 30.0 Å². The highest BCUT2D eigenvalue weighted by Crippen LogP contribution is 2.43. The number of nitro benzene ring substituents is 1. The summed E-state index contributed by atoms with van der Waals surface area (Å²) in [6, 6.07) is 11.3. The highest BCUT2D eigenvalue weighted by Gasteiger charge is 2.45. The zero-order chi connectivity index (χ0) is 23.4. The fourth-order valence-corrected chi connectivity index (χ4v) is 5.04. The van der Waals surface area contributed by atoms with Crippen LogP contribution < -0.4 is 10.3 Å². The van der Waals surface area contributed by atoms with Gasteiger partial charge in [0.15, 0.2) is 16.3 Å². The van der Waals surface area contributed by atoms with Crippen LogP contribution in [0.5, 0.6) is 0 Å². The Morgan fingerprint density at radius 3 is 2.64 bits per heavy atom. The SMILES string of the molecule is CC(=O)c1sc(N2C(=O)c3oc4ccccc4c(=O)c3[C@H]2c2cccc([N+](=O)[O-])c2)nc1C. The van der Waals surface area contributed by atoms with Crippen LogP contribution >= 0.6 is 11.3 Å². The van der Waals surface area contributed by atoms with Crippen LogP contribution in [0.15, 0.2) is 57.7 Å². The molecule has 0 bridgehead atoms. The van der Waals surface area contributed by atoms with Gasteiger partial charge in [-0.15, -0.1) is 0 Å². The maximum atomic E-state index is 13.5. The fraction of sp³-hybridized carbons (Fsp3) is 0.130. The number of benzene rings is 2. The number of anilines is 1. The van der Waals surface area contributed by atoms with Crippen molar-refractivity contribution in [2.45, 2.75) is 19.9 Å². The molecular formula is C23H15N3O6S. The lowest BCUT2D eigenvalue weighted by Gasteiger charge is -2.22. The van der Waals surface area contributed by atoms with Crippen LogP contribution in [-0.2, 0) is 0 Å². The number of nitro groups is 1. The monoisotopic (exact) mass is 461 g/mol. The van der Waals surface area contributed by atoms with Crippen LogP contribution in [0.25, 0.3) is 11.0 Å². The molecule has 4 aromatic rings. The number of carbonyl (C=O) groups excluding carboxylic acids is 2. The maximum absolute atomic E-state index is 13.5. The number of Topliss-reactive ketones (excluding diaryl/α,β-unsaturated/α-hetero) is 1. The molecule has 164 valence electrons. The second-order valence-electron chi connectivity index (χ2n) is 7.57. The first-order valence-electron chi connectivity index (χ1n) is 9.90. The Labute approximate surface area is 190 Å². The van der Waals surface area contributed by atoms with Gasteiger partial charge in [0.25, 0.3) is 11.6 Å². The number of rotatable bonds is 4. The van der Waals surface area contributed by atoms with Gasteiger partial charge in [-0.25, -0.2) is 4.98 Å². The van der Waals surface area contributed by atoms with Crippen LogP contribution in [0, 0.1) is 17.0 Å². The molecule has 0 spiro atoms. The molecular weight excluding hydrogens is 446 g/mol. The van der Waals surface area contributed by atoms with E-state index >= 15 is 0 Å². The van der Waals surface area contributed by atoms with Gasteiger partial charge in [0, 0.05) is 19.1 Å². The highest BCUT2D eigenvalue weighted by atomic mass is 32.1. The zero-order valence-corrected chi connectivity index (χ0v) is 18.2. The summed E-state index contributed by atoms with van der Waals surface area (Å²) in [7, 11) is 0. The molecule has 5 rings (SSSR count). The molecule has 0 radical (unpaired) electrons. The third-order valence-electron chi connectivity index (χ3n) is 5.49. The van der Waals surface area contributed by atoms with Crippen molar-refractivity contribution >= 4 is 44.8 Å². The number of carbonyl (C=O) groups is 2. The van der Waals surface area contributed by atoms with E-state index in [0.29, 0.717) is 21.5 Å². The van der Waals surface area contributed by atoms with E-state index in [-0.39, 0.29) is 33.5 Å². The number of fused-ring (bicyclic) bond motifs is 2. The van der Waals surface area contributed by atoms with Crippen LogP contribution in [0.2, 0.25) is 0 Å². The summed E-state index contributed by atoms with van der Waals surface area (Å²) in [5.41, 5.74) is 0.563. The predicted molar refractivity (Wildman–Crippen MR) is 121 cm³/mol. The molecule has 2 aromatic carbocycles. The summed E-state index contributed by atoms with van der Waals surface area (Å²) < 4.78 is 5.85. The van der Waals surface area contributed by atoms with Crippen molar-refractivity contribution in [3.05, 3.63) is 96.3 Å². The first kappa shape index (κ1) is 20.7. The van der Waals surface area contributed by atoms with Gasteiger partial charge in [0.1, 0.15) is 5.58 Å². The van der Waals surface area contributed by atoms with Gasteiger partial charge in [-0.05, 0) is 24.6 Å². The Balaban J connectivity index is 1.81. The Hall–Kier alpha value is -4.18. The van der Waals surface area contributed by atoms with Crippen LogP contribution in [0.1, 0.15) is 50.0 Å². The summed E-state index contributed by atoms with van der Waals surface area (Å²) in [6.45, 7) is 3.06. The molecule has 1 aliphatic rings. The van der Waals surface area contributed by atoms with Gasteiger partial charge in [0.05, 0.1) is 32.5 Å². The number of para-hydroxylation sites is 1. The van der Waals surface area contributed by atoms with Crippen molar-refractivity contribution in [3.8, 4) is 0 Å². The minimum Gasteiger partial charge on any atom is -0.450 e. The maximum Gasteiger partial charge on any atom is 0.297 e. The van der Waals surface area contributed by atoms with Crippen LogP contribution in [0.3, 0.4) is 0 Å². The minimum absolute atomic E-state index is 0.0800.